The first-order valence-electron chi connectivity index (χ1n) is 6.11. The van der Waals surface area contributed by atoms with Crippen LogP contribution >= 0.6 is 11.6 Å². The van der Waals surface area contributed by atoms with E-state index in [1.807, 2.05) is 13.0 Å². The van der Waals surface area contributed by atoms with Crippen molar-refractivity contribution >= 4 is 17.5 Å². The maximum atomic E-state index is 12.0. The molecule has 2 rings (SSSR count). The highest BCUT2D eigenvalue weighted by Gasteiger charge is 2.36. The minimum absolute atomic E-state index is 0.0371. The first-order chi connectivity index (χ1) is 8.13. The van der Waals surface area contributed by atoms with Crippen LogP contribution in [-0.4, -0.2) is 16.9 Å². The Labute approximate surface area is 107 Å². The molecule has 1 heterocycles. The third-order valence-electron chi connectivity index (χ3n) is 3.24. The number of rotatable bonds is 4. The van der Waals surface area contributed by atoms with Crippen molar-refractivity contribution in [3.8, 4) is 0 Å². The van der Waals surface area contributed by atoms with Crippen LogP contribution in [0.3, 0.4) is 0 Å². The van der Waals surface area contributed by atoms with Crippen molar-refractivity contribution < 1.29 is 4.79 Å². The molecule has 2 unspecified atom stereocenters. The summed E-state index contributed by atoms with van der Waals surface area (Å²) in [6.45, 7) is 4.14. The molecule has 1 N–H and O–H groups in total. The molecule has 0 aromatic carbocycles. The quantitative estimate of drug-likeness (QED) is 0.838. The van der Waals surface area contributed by atoms with E-state index in [-0.39, 0.29) is 5.91 Å². The van der Waals surface area contributed by atoms with Gasteiger partial charge in [-0.3, -0.25) is 4.79 Å². The van der Waals surface area contributed by atoms with Gasteiger partial charge in [0.25, 0.3) is 5.91 Å². The van der Waals surface area contributed by atoms with E-state index in [0.717, 1.165) is 25.0 Å². The number of amides is 1. The van der Waals surface area contributed by atoms with Gasteiger partial charge in [0, 0.05) is 17.3 Å². The molecule has 0 radical (unpaired) electrons. The van der Waals surface area contributed by atoms with Crippen LogP contribution in [0.1, 0.15) is 42.7 Å². The Morgan fingerprint density at radius 1 is 1.53 bits per heavy atom. The maximum Gasteiger partial charge on any atom is 0.251 e. The fourth-order valence-electron chi connectivity index (χ4n) is 1.99. The highest BCUT2D eigenvalue weighted by Crippen LogP contribution is 2.33. The maximum absolute atomic E-state index is 12.0. The standard InChI is InChI=1S/C13H17ClN2O/c1-3-8-6-11(8)16-13(17)9-5-10(4-2)15-12(14)7-9/h5,7-8,11H,3-4,6H2,1-2H3,(H,16,17). The molecule has 0 saturated heterocycles. The number of carbonyl (C=O) groups excluding carboxylic acids is 1. The van der Waals surface area contributed by atoms with Gasteiger partial charge in [-0.25, -0.2) is 4.98 Å². The number of nitrogens with zero attached hydrogens (tertiary/aromatic N) is 1. The minimum Gasteiger partial charge on any atom is -0.349 e. The highest BCUT2D eigenvalue weighted by atomic mass is 35.5. The predicted molar refractivity (Wildman–Crippen MR) is 68.3 cm³/mol. The molecule has 92 valence electrons. The monoisotopic (exact) mass is 252 g/mol. The van der Waals surface area contributed by atoms with Crippen molar-refractivity contribution in [2.24, 2.45) is 5.92 Å². The third-order valence-corrected chi connectivity index (χ3v) is 3.43. The summed E-state index contributed by atoms with van der Waals surface area (Å²) in [6.07, 6.45) is 3.01. The third kappa shape index (κ3) is 2.97. The Kier molecular flexibility index (Phi) is 3.67. The van der Waals surface area contributed by atoms with Gasteiger partial charge in [-0.05, 0) is 30.9 Å². The number of pyridine rings is 1. The number of carbonyl (C=O) groups is 1. The number of halogens is 1. The van der Waals surface area contributed by atoms with Crippen molar-refractivity contribution in [2.75, 3.05) is 0 Å². The second-order valence-corrected chi connectivity index (χ2v) is 4.89. The van der Waals surface area contributed by atoms with E-state index in [0.29, 0.717) is 22.7 Å². The van der Waals surface area contributed by atoms with Crippen LogP contribution < -0.4 is 5.32 Å². The zero-order chi connectivity index (χ0) is 12.4. The summed E-state index contributed by atoms with van der Waals surface area (Å²) in [5.41, 5.74) is 1.47. The molecule has 17 heavy (non-hydrogen) atoms. The molecule has 4 heteroatoms. The number of hydrogen-bond acceptors (Lipinski definition) is 2. The average molecular weight is 253 g/mol. The first-order valence-corrected chi connectivity index (χ1v) is 6.49. The first kappa shape index (κ1) is 12.4. The lowest BCUT2D eigenvalue weighted by Gasteiger charge is -2.06. The van der Waals surface area contributed by atoms with Crippen LogP contribution in [-0.2, 0) is 6.42 Å². The topological polar surface area (TPSA) is 42.0 Å². The summed E-state index contributed by atoms with van der Waals surface area (Å²) >= 11 is 5.89. The van der Waals surface area contributed by atoms with E-state index in [1.165, 1.54) is 0 Å². The molecule has 1 aliphatic carbocycles. The van der Waals surface area contributed by atoms with Gasteiger partial charge in [0.2, 0.25) is 0 Å². The molecule has 0 bridgehead atoms. The molecular formula is C13H17ClN2O. The van der Waals surface area contributed by atoms with Gasteiger partial charge in [0.05, 0.1) is 0 Å². The van der Waals surface area contributed by atoms with Crippen LogP contribution in [0.5, 0.6) is 0 Å². The van der Waals surface area contributed by atoms with Gasteiger partial charge >= 0.3 is 0 Å². The second kappa shape index (κ2) is 5.05. The molecule has 1 aromatic heterocycles. The van der Waals surface area contributed by atoms with Gasteiger partial charge in [-0.2, -0.15) is 0 Å². The molecule has 3 nitrogen and oxygen atoms in total. The number of hydrogen-bond donors (Lipinski definition) is 1. The van der Waals surface area contributed by atoms with Crippen LogP contribution in [0.4, 0.5) is 0 Å². The molecule has 0 aliphatic heterocycles. The van der Waals surface area contributed by atoms with Gasteiger partial charge in [0.15, 0.2) is 0 Å². The van der Waals surface area contributed by atoms with E-state index in [4.69, 9.17) is 11.6 Å². The lowest BCUT2D eigenvalue weighted by molar-refractivity contribution is 0.0948. The van der Waals surface area contributed by atoms with Crippen molar-refractivity contribution in [3.05, 3.63) is 28.5 Å². The molecule has 0 spiro atoms. The second-order valence-electron chi connectivity index (χ2n) is 4.51. The van der Waals surface area contributed by atoms with E-state index in [2.05, 4.69) is 17.2 Å². The normalized spacial score (nSPS) is 22.3. The highest BCUT2D eigenvalue weighted by molar-refractivity contribution is 6.29. The summed E-state index contributed by atoms with van der Waals surface area (Å²) in [4.78, 5) is 16.1. The average Bonchev–Trinajstić information content (AvgIpc) is 3.06. The Morgan fingerprint density at radius 2 is 2.29 bits per heavy atom. The summed E-state index contributed by atoms with van der Waals surface area (Å²) < 4.78 is 0. The van der Waals surface area contributed by atoms with E-state index >= 15 is 0 Å². The van der Waals surface area contributed by atoms with Gasteiger partial charge < -0.3 is 5.32 Å². The number of aromatic nitrogens is 1. The predicted octanol–water partition coefficient (Wildman–Crippen LogP) is 2.83. The van der Waals surface area contributed by atoms with E-state index < -0.39 is 0 Å². The minimum atomic E-state index is -0.0371. The van der Waals surface area contributed by atoms with Gasteiger partial charge in [-0.1, -0.05) is 31.9 Å². The van der Waals surface area contributed by atoms with Crippen molar-refractivity contribution in [1.29, 1.82) is 0 Å². The van der Waals surface area contributed by atoms with E-state index in [9.17, 15) is 4.79 Å². The molecule has 1 fully saturated rings. The van der Waals surface area contributed by atoms with E-state index in [1.54, 1.807) is 6.07 Å². The van der Waals surface area contributed by atoms with Gasteiger partial charge in [0.1, 0.15) is 5.15 Å². The smallest absolute Gasteiger partial charge is 0.251 e. The largest absolute Gasteiger partial charge is 0.349 e. The lowest BCUT2D eigenvalue weighted by atomic mass is 10.2. The molecule has 1 saturated carbocycles. The van der Waals surface area contributed by atoms with Crippen LogP contribution in [0.2, 0.25) is 5.15 Å². The zero-order valence-corrected chi connectivity index (χ0v) is 10.9. The Morgan fingerprint density at radius 3 is 2.88 bits per heavy atom. The number of nitrogens with one attached hydrogen (secondary N) is 1. The van der Waals surface area contributed by atoms with Crippen LogP contribution in [0.25, 0.3) is 0 Å². The van der Waals surface area contributed by atoms with Crippen molar-refractivity contribution in [1.82, 2.24) is 10.3 Å². The molecular weight excluding hydrogens is 236 g/mol. The Hall–Kier alpha value is -1.09. The fourth-order valence-corrected chi connectivity index (χ4v) is 2.22. The summed E-state index contributed by atoms with van der Waals surface area (Å²) in [5, 5.41) is 3.41. The molecule has 1 aliphatic rings. The van der Waals surface area contributed by atoms with Crippen molar-refractivity contribution in [3.63, 3.8) is 0 Å². The Balaban J connectivity index is 2.06. The zero-order valence-electron chi connectivity index (χ0n) is 10.2. The summed E-state index contributed by atoms with van der Waals surface area (Å²) in [5.74, 6) is 0.617. The fraction of sp³-hybridized carbons (Fsp3) is 0.538. The number of aryl methyl sites for hydroxylation is 1. The van der Waals surface area contributed by atoms with Crippen LogP contribution in [0.15, 0.2) is 12.1 Å². The SMILES string of the molecule is CCc1cc(C(=O)NC2CC2CC)cc(Cl)n1. The van der Waals surface area contributed by atoms with Gasteiger partial charge in [-0.15, -0.1) is 0 Å². The molecule has 2 atom stereocenters. The Bertz CT molecular complexity index is 433. The van der Waals surface area contributed by atoms with Crippen LogP contribution in [0, 0.1) is 5.92 Å². The summed E-state index contributed by atoms with van der Waals surface area (Å²) in [6, 6.07) is 3.79. The summed E-state index contributed by atoms with van der Waals surface area (Å²) in [7, 11) is 0. The molecule has 1 amide bonds. The molecule has 1 aromatic rings. The lowest BCUT2D eigenvalue weighted by Crippen LogP contribution is -2.27. The van der Waals surface area contributed by atoms with Crippen molar-refractivity contribution in [2.45, 2.75) is 39.2 Å².